The van der Waals surface area contributed by atoms with Gasteiger partial charge in [-0.05, 0) is 48.0 Å². The van der Waals surface area contributed by atoms with Gasteiger partial charge in [0.2, 0.25) is 0 Å². The molecule has 2 aromatic heterocycles. The van der Waals surface area contributed by atoms with Crippen LogP contribution in [0.25, 0.3) is 10.2 Å². The van der Waals surface area contributed by atoms with E-state index in [9.17, 15) is 23.5 Å². The quantitative estimate of drug-likeness (QED) is 0.455. The Morgan fingerprint density at radius 2 is 1.81 bits per heavy atom. The fourth-order valence-electron chi connectivity index (χ4n) is 3.64. The summed E-state index contributed by atoms with van der Waals surface area (Å²) < 4.78 is 27.7. The number of rotatable bonds is 4. The van der Waals surface area contributed by atoms with Crippen LogP contribution in [0.1, 0.15) is 22.0 Å². The van der Waals surface area contributed by atoms with Gasteiger partial charge < -0.3 is 5.11 Å². The highest BCUT2D eigenvalue weighted by Crippen LogP contribution is 2.44. The molecule has 4 aromatic rings. The molecule has 0 spiro atoms. The number of carbonyl (C=O) groups excluding carboxylic acids is 2. The van der Waals surface area contributed by atoms with E-state index >= 15 is 0 Å². The second-order valence-electron chi connectivity index (χ2n) is 7.07. The zero-order chi connectivity index (χ0) is 22.4. The second kappa shape index (κ2) is 7.61. The highest BCUT2D eigenvalue weighted by atomic mass is 32.1. The number of anilines is 1. The van der Waals surface area contributed by atoms with E-state index in [4.69, 9.17) is 0 Å². The van der Waals surface area contributed by atoms with E-state index in [1.165, 1.54) is 65.8 Å². The van der Waals surface area contributed by atoms with Crippen LogP contribution < -0.4 is 4.90 Å². The number of carbonyl (C=O) groups is 2. The minimum atomic E-state index is -1.05. The molecule has 158 valence electrons. The van der Waals surface area contributed by atoms with Crippen molar-refractivity contribution in [3.8, 4) is 0 Å². The summed E-state index contributed by atoms with van der Waals surface area (Å²) in [4.78, 5) is 35.9. The number of Topliss-reactive ketones (excluding diaryl/α,β-unsaturated/α-hetero) is 1. The molecule has 6 nitrogen and oxygen atoms in total. The number of aliphatic hydroxyl groups excluding tert-OH is 1. The Kier molecular flexibility index (Phi) is 4.75. The van der Waals surface area contributed by atoms with Gasteiger partial charge in [0.1, 0.15) is 11.6 Å². The van der Waals surface area contributed by atoms with E-state index in [2.05, 4.69) is 9.97 Å². The van der Waals surface area contributed by atoms with E-state index in [-0.39, 0.29) is 16.3 Å². The lowest BCUT2D eigenvalue weighted by molar-refractivity contribution is -0.117. The molecule has 0 aliphatic carbocycles. The fraction of sp³-hybridized carbons (Fsp3) is 0.0435. The molecular weight excluding hydrogens is 436 g/mol. The first-order chi connectivity index (χ1) is 15.4. The number of thiazole rings is 1. The molecule has 1 amide bonds. The minimum Gasteiger partial charge on any atom is -0.503 e. The van der Waals surface area contributed by atoms with Gasteiger partial charge in [-0.25, -0.2) is 13.8 Å². The molecule has 1 unspecified atom stereocenters. The molecule has 0 saturated heterocycles. The van der Waals surface area contributed by atoms with Gasteiger partial charge in [-0.2, -0.15) is 0 Å². The summed E-state index contributed by atoms with van der Waals surface area (Å²) in [6.45, 7) is 0. The van der Waals surface area contributed by atoms with Crippen LogP contribution in [0, 0.1) is 11.6 Å². The van der Waals surface area contributed by atoms with Crippen molar-refractivity contribution in [2.24, 2.45) is 0 Å². The lowest BCUT2D eigenvalue weighted by Crippen LogP contribution is -2.31. The predicted octanol–water partition coefficient (Wildman–Crippen LogP) is 4.75. The van der Waals surface area contributed by atoms with Gasteiger partial charge in [-0.1, -0.05) is 23.5 Å². The van der Waals surface area contributed by atoms with E-state index in [0.29, 0.717) is 15.8 Å². The molecule has 1 aliphatic heterocycles. The Hall–Kier alpha value is -3.98. The molecule has 1 aliphatic rings. The highest BCUT2D eigenvalue weighted by Gasteiger charge is 2.46. The highest BCUT2D eigenvalue weighted by molar-refractivity contribution is 7.22. The van der Waals surface area contributed by atoms with Crippen LogP contribution in [0.3, 0.4) is 0 Å². The Bertz CT molecular complexity index is 1400. The van der Waals surface area contributed by atoms with Crippen molar-refractivity contribution in [1.29, 1.82) is 0 Å². The van der Waals surface area contributed by atoms with Crippen LogP contribution in [-0.4, -0.2) is 26.8 Å². The molecule has 5 rings (SSSR count). The first kappa shape index (κ1) is 20.0. The second-order valence-corrected chi connectivity index (χ2v) is 8.08. The Morgan fingerprint density at radius 1 is 1.06 bits per heavy atom. The zero-order valence-corrected chi connectivity index (χ0v) is 17.0. The van der Waals surface area contributed by atoms with E-state index < -0.39 is 35.1 Å². The minimum absolute atomic E-state index is 0.167. The molecule has 0 saturated carbocycles. The van der Waals surface area contributed by atoms with E-state index in [1.807, 2.05) is 0 Å². The van der Waals surface area contributed by atoms with Crippen molar-refractivity contribution < 1.29 is 23.5 Å². The monoisotopic (exact) mass is 449 g/mol. The third-order valence-electron chi connectivity index (χ3n) is 5.11. The smallest absolute Gasteiger partial charge is 0.296 e. The number of benzene rings is 2. The van der Waals surface area contributed by atoms with Gasteiger partial charge in [-0.15, -0.1) is 0 Å². The molecule has 1 atom stereocenters. The number of fused-ring (bicyclic) bond motifs is 1. The number of hydrogen-bond acceptors (Lipinski definition) is 6. The van der Waals surface area contributed by atoms with E-state index in [0.717, 1.165) is 11.3 Å². The largest absolute Gasteiger partial charge is 0.503 e. The van der Waals surface area contributed by atoms with E-state index in [1.54, 1.807) is 6.07 Å². The Morgan fingerprint density at radius 3 is 2.53 bits per heavy atom. The molecule has 3 heterocycles. The molecule has 0 fully saturated rings. The lowest BCUT2D eigenvalue weighted by atomic mass is 9.93. The number of halogens is 2. The Balaban J connectivity index is 1.68. The Labute approximate surface area is 184 Å². The standard InChI is InChI=1S/C23H13F2N3O3S/c24-14-5-3-12(4-6-14)19-18(20(29)13-2-1-9-26-11-13)21(30)22(31)28(19)23-27-16-8-7-15(25)10-17(16)32-23/h1-11,19,30H. The third-order valence-corrected chi connectivity index (χ3v) is 6.12. The SMILES string of the molecule is O=C(C1=C(O)C(=O)N(c2nc3ccc(F)cc3s2)C1c1ccc(F)cc1)c1cccnc1. The van der Waals surface area contributed by atoms with Crippen LogP contribution in [-0.2, 0) is 4.79 Å². The summed E-state index contributed by atoms with van der Waals surface area (Å²) in [7, 11) is 0. The summed E-state index contributed by atoms with van der Waals surface area (Å²) in [5.74, 6) is -3.09. The van der Waals surface area contributed by atoms with Crippen LogP contribution >= 0.6 is 11.3 Å². The van der Waals surface area contributed by atoms with Gasteiger partial charge >= 0.3 is 0 Å². The summed E-state index contributed by atoms with van der Waals surface area (Å²) in [5.41, 5.74) is 0.882. The number of aromatic nitrogens is 2. The number of ketones is 1. The van der Waals surface area contributed by atoms with Gasteiger partial charge in [0.25, 0.3) is 5.91 Å². The predicted molar refractivity (Wildman–Crippen MR) is 114 cm³/mol. The number of amides is 1. The maximum Gasteiger partial charge on any atom is 0.296 e. The molecule has 32 heavy (non-hydrogen) atoms. The summed E-state index contributed by atoms with van der Waals surface area (Å²) in [6, 6.07) is 11.3. The van der Waals surface area contributed by atoms with Gasteiger partial charge in [0.05, 0.1) is 21.8 Å². The van der Waals surface area contributed by atoms with Crippen molar-refractivity contribution >= 4 is 38.4 Å². The third kappa shape index (κ3) is 3.23. The molecule has 2 aromatic carbocycles. The maximum atomic E-state index is 13.7. The van der Waals surface area contributed by atoms with Crippen molar-refractivity contribution in [3.05, 3.63) is 101 Å². The summed E-state index contributed by atoms with van der Waals surface area (Å²) in [5, 5.41) is 10.9. The van der Waals surface area contributed by atoms with Gasteiger partial charge in [-0.3, -0.25) is 19.5 Å². The van der Waals surface area contributed by atoms with Crippen molar-refractivity contribution in [2.45, 2.75) is 6.04 Å². The van der Waals surface area contributed by atoms with Gasteiger partial charge in [0.15, 0.2) is 16.7 Å². The fourth-order valence-corrected chi connectivity index (χ4v) is 4.65. The molecular formula is C23H13F2N3O3S. The van der Waals surface area contributed by atoms with Crippen molar-refractivity contribution in [2.75, 3.05) is 4.90 Å². The summed E-state index contributed by atoms with van der Waals surface area (Å²) in [6.07, 6.45) is 2.83. The normalized spacial score (nSPS) is 16.2. The van der Waals surface area contributed by atoms with Crippen LogP contribution in [0.2, 0.25) is 0 Å². The first-order valence-corrected chi connectivity index (χ1v) is 10.3. The number of hydrogen-bond donors (Lipinski definition) is 1. The number of aliphatic hydroxyl groups is 1. The first-order valence-electron chi connectivity index (χ1n) is 9.47. The van der Waals surface area contributed by atoms with Gasteiger partial charge in [0, 0.05) is 18.0 Å². The van der Waals surface area contributed by atoms with Crippen LogP contribution in [0.5, 0.6) is 0 Å². The van der Waals surface area contributed by atoms with Crippen molar-refractivity contribution in [3.63, 3.8) is 0 Å². The van der Waals surface area contributed by atoms with Crippen LogP contribution in [0.4, 0.5) is 13.9 Å². The number of nitrogens with zero attached hydrogens (tertiary/aromatic N) is 3. The molecule has 1 N–H and O–H groups in total. The van der Waals surface area contributed by atoms with Crippen LogP contribution in [0.15, 0.2) is 78.3 Å². The average Bonchev–Trinajstić information content (AvgIpc) is 3.32. The molecule has 0 radical (unpaired) electrons. The molecule has 9 heteroatoms. The average molecular weight is 449 g/mol. The summed E-state index contributed by atoms with van der Waals surface area (Å²) >= 11 is 1.04. The zero-order valence-electron chi connectivity index (χ0n) is 16.2. The topological polar surface area (TPSA) is 83.4 Å². The maximum absolute atomic E-state index is 13.7. The number of pyridine rings is 1. The van der Waals surface area contributed by atoms with Crippen molar-refractivity contribution in [1.82, 2.24) is 9.97 Å². The molecule has 0 bridgehead atoms. The lowest BCUT2D eigenvalue weighted by Gasteiger charge is -2.24.